The maximum atomic E-state index is 12.7. The van der Waals surface area contributed by atoms with E-state index in [0.717, 1.165) is 5.56 Å². The molecule has 1 heterocycles. The lowest BCUT2D eigenvalue weighted by Gasteiger charge is -2.28. The number of carbonyl (C=O) groups is 2. The van der Waals surface area contributed by atoms with Gasteiger partial charge in [-0.2, -0.15) is 0 Å². The first-order chi connectivity index (χ1) is 11.3. The highest BCUT2D eigenvalue weighted by Gasteiger charge is 2.48. The summed E-state index contributed by atoms with van der Waals surface area (Å²) in [5, 5.41) is 9.60. The molecule has 1 fully saturated rings. The third kappa shape index (κ3) is 3.32. The van der Waals surface area contributed by atoms with E-state index in [4.69, 9.17) is 9.47 Å². The summed E-state index contributed by atoms with van der Waals surface area (Å²) in [7, 11) is 3.12. The van der Waals surface area contributed by atoms with Crippen molar-refractivity contribution in [2.24, 2.45) is 11.3 Å². The normalized spacial score (nSPS) is 20.3. The van der Waals surface area contributed by atoms with Crippen LogP contribution >= 0.6 is 0 Å². The molecule has 24 heavy (non-hydrogen) atoms. The van der Waals surface area contributed by atoms with Crippen molar-refractivity contribution in [1.82, 2.24) is 4.90 Å². The lowest BCUT2D eigenvalue weighted by atomic mass is 9.76. The van der Waals surface area contributed by atoms with E-state index < -0.39 is 11.4 Å². The molecule has 6 nitrogen and oxygen atoms in total. The zero-order chi connectivity index (χ0) is 17.9. The van der Waals surface area contributed by atoms with Crippen molar-refractivity contribution in [3.05, 3.63) is 23.8 Å². The lowest BCUT2D eigenvalue weighted by Crippen LogP contribution is -2.41. The number of carboxylic acid groups (broad SMARTS) is 1. The molecule has 0 aliphatic carbocycles. The van der Waals surface area contributed by atoms with Crippen LogP contribution < -0.4 is 9.47 Å². The minimum Gasteiger partial charge on any atom is -0.497 e. The molecule has 1 saturated heterocycles. The van der Waals surface area contributed by atoms with Crippen molar-refractivity contribution in [1.29, 1.82) is 0 Å². The van der Waals surface area contributed by atoms with Crippen LogP contribution in [0.1, 0.15) is 25.8 Å². The van der Waals surface area contributed by atoms with Gasteiger partial charge in [0.1, 0.15) is 11.5 Å². The summed E-state index contributed by atoms with van der Waals surface area (Å²) >= 11 is 0. The number of methoxy groups -OCH3 is 2. The molecular formula is C18H25NO5. The molecule has 0 bridgehead atoms. The van der Waals surface area contributed by atoms with E-state index in [1.807, 2.05) is 13.8 Å². The fourth-order valence-corrected chi connectivity index (χ4v) is 3.23. The van der Waals surface area contributed by atoms with E-state index in [1.54, 1.807) is 37.3 Å². The number of carboxylic acids is 1. The number of likely N-dealkylation sites (tertiary alicyclic amines) is 1. The quantitative estimate of drug-likeness (QED) is 0.862. The van der Waals surface area contributed by atoms with Gasteiger partial charge in [0, 0.05) is 18.7 Å². The number of rotatable bonds is 6. The molecule has 0 radical (unpaired) electrons. The summed E-state index contributed by atoms with van der Waals surface area (Å²) < 4.78 is 10.5. The Morgan fingerprint density at radius 1 is 1.29 bits per heavy atom. The summed E-state index contributed by atoms with van der Waals surface area (Å²) in [6, 6.07) is 5.32. The van der Waals surface area contributed by atoms with Gasteiger partial charge >= 0.3 is 5.97 Å². The molecule has 0 spiro atoms. The average molecular weight is 335 g/mol. The summed E-state index contributed by atoms with van der Waals surface area (Å²) in [6.45, 7) is 4.51. The van der Waals surface area contributed by atoms with Gasteiger partial charge in [-0.15, -0.1) is 0 Å². The molecular weight excluding hydrogens is 310 g/mol. The standard InChI is InChI=1S/C18H25NO5/c1-12(2)18(17(21)22)7-8-19(11-18)16(20)10-13-9-14(23-3)5-6-15(13)24-4/h5-6,9,12H,7-8,10-11H2,1-4H3,(H,21,22). The predicted octanol–water partition coefficient (Wildman–Crippen LogP) is 2.21. The monoisotopic (exact) mass is 335 g/mol. The van der Waals surface area contributed by atoms with Gasteiger partial charge in [-0.25, -0.2) is 0 Å². The van der Waals surface area contributed by atoms with Gasteiger partial charge in [0.25, 0.3) is 0 Å². The molecule has 2 rings (SSSR count). The van der Waals surface area contributed by atoms with Crippen LogP contribution in [0.15, 0.2) is 18.2 Å². The minimum absolute atomic E-state index is 0.0286. The predicted molar refractivity (Wildman–Crippen MR) is 89.4 cm³/mol. The maximum Gasteiger partial charge on any atom is 0.311 e. The topological polar surface area (TPSA) is 76.1 Å². The lowest BCUT2D eigenvalue weighted by molar-refractivity contribution is -0.151. The second-order valence-corrected chi connectivity index (χ2v) is 6.54. The Bertz CT molecular complexity index is 628. The van der Waals surface area contributed by atoms with E-state index in [-0.39, 0.29) is 24.8 Å². The molecule has 0 saturated carbocycles. The molecule has 1 aromatic rings. The Hall–Kier alpha value is -2.24. The number of hydrogen-bond acceptors (Lipinski definition) is 4. The zero-order valence-corrected chi connectivity index (χ0v) is 14.7. The number of aliphatic carboxylic acids is 1. The highest BCUT2D eigenvalue weighted by atomic mass is 16.5. The SMILES string of the molecule is COc1ccc(OC)c(CC(=O)N2CCC(C(=O)O)(C(C)C)C2)c1. The van der Waals surface area contributed by atoms with Crippen molar-refractivity contribution in [2.45, 2.75) is 26.7 Å². The second-order valence-electron chi connectivity index (χ2n) is 6.54. The number of ether oxygens (including phenoxy) is 2. The summed E-state index contributed by atoms with van der Waals surface area (Å²) in [4.78, 5) is 26.0. The first kappa shape index (κ1) is 18.1. The first-order valence-electron chi connectivity index (χ1n) is 8.06. The molecule has 1 aromatic carbocycles. The average Bonchev–Trinajstić information content (AvgIpc) is 3.01. The summed E-state index contributed by atoms with van der Waals surface area (Å²) in [5.74, 6) is 0.329. The second kappa shape index (κ2) is 7.11. The molecule has 1 unspecified atom stereocenters. The van der Waals surface area contributed by atoms with Gasteiger partial charge in [0.2, 0.25) is 5.91 Å². The van der Waals surface area contributed by atoms with Crippen molar-refractivity contribution in [3.8, 4) is 11.5 Å². The van der Waals surface area contributed by atoms with Crippen molar-refractivity contribution in [3.63, 3.8) is 0 Å². The third-order valence-electron chi connectivity index (χ3n) is 5.01. The molecule has 132 valence electrons. The summed E-state index contributed by atoms with van der Waals surface area (Å²) in [6.07, 6.45) is 0.648. The van der Waals surface area contributed by atoms with Gasteiger partial charge in [-0.3, -0.25) is 9.59 Å². The molecule has 1 aliphatic rings. The Morgan fingerprint density at radius 3 is 2.50 bits per heavy atom. The Morgan fingerprint density at radius 2 is 2.00 bits per heavy atom. The number of nitrogens with zero attached hydrogens (tertiary/aromatic N) is 1. The number of hydrogen-bond donors (Lipinski definition) is 1. The number of amides is 1. The Kier molecular flexibility index (Phi) is 5.36. The van der Waals surface area contributed by atoms with Gasteiger partial charge in [0.15, 0.2) is 0 Å². The van der Waals surface area contributed by atoms with Crippen LogP contribution in [0, 0.1) is 11.3 Å². The number of benzene rings is 1. The van der Waals surface area contributed by atoms with Crippen LogP contribution in [0.2, 0.25) is 0 Å². The fourth-order valence-electron chi connectivity index (χ4n) is 3.23. The Labute approximate surface area is 142 Å². The smallest absolute Gasteiger partial charge is 0.311 e. The molecule has 1 amide bonds. The molecule has 1 aliphatic heterocycles. The Balaban J connectivity index is 2.15. The van der Waals surface area contributed by atoms with E-state index in [0.29, 0.717) is 24.5 Å². The van der Waals surface area contributed by atoms with Crippen molar-refractivity contribution >= 4 is 11.9 Å². The van der Waals surface area contributed by atoms with Crippen molar-refractivity contribution < 1.29 is 24.2 Å². The van der Waals surface area contributed by atoms with Crippen LogP contribution in [0.25, 0.3) is 0 Å². The van der Waals surface area contributed by atoms with Gasteiger partial charge in [0.05, 0.1) is 26.1 Å². The third-order valence-corrected chi connectivity index (χ3v) is 5.01. The van der Waals surface area contributed by atoms with Crippen LogP contribution in [0.3, 0.4) is 0 Å². The van der Waals surface area contributed by atoms with Gasteiger partial charge in [-0.1, -0.05) is 13.8 Å². The highest BCUT2D eigenvalue weighted by molar-refractivity contribution is 5.83. The van der Waals surface area contributed by atoms with Crippen LogP contribution in [0.4, 0.5) is 0 Å². The van der Waals surface area contributed by atoms with Crippen LogP contribution in [-0.2, 0) is 16.0 Å². The van der Waals surface area contributed by atoms with Gasteiger partial charge in [-0.05, 0) is 30.5 Å². The van der Waals surface area contributed by atoms with E-state index in [1.165, 1.54) is 0 Å². The van der Waals surface area contributed by atoms with E-state index in [9.17, 15) is 14.7 Å². The van der Waals surface area contributed by atoms with Crippen molar-refractivity contribution in [2.75, 3.05) is 27.3 Å². The molecule has 1 N–H and O–H groups in total. The van der Waals surface area contributed by atoms with Crippen LogP contribution in [-0.4, -0.2) is 49.2 Å². The van der Waals surface area contributed by atoms with Crippen LogP contribution in [0.5, 0.6) is 11.5 Å². The number of carbonyl (C=O) groups excluding carboxylic acids is 1. The van der Waals surface area contributed by atoms with E-state index >= 15 is 0 Å². The minimum atomic E-state index is -0.853. The summed E-state index contributed by atoms with van der Waals surface area (Å²) in [5.41, 5.74) is -0.118. The molecule has 6 heteroatoms. The van der Waals surface area contributed by atoms with Gasteiger partial charge < -0.3 is 19.5 Å². The largest absolute Gasteiger partial charge is 0.497 e. The fraction of sp³-hybridized carbons (Fsp3) is 0.556. The maximum absolute atomic E-state index is 12.7. The zero-order valence-electron chi connectivity index (χ0n) is 14.7. The molecule has 1 atom stereocenters. The molecule has 0 aromatic heterocycles. The highest BCUT2D eigenvalue weighted by Crippen LogP contribution is 2.38. The first-order valence-corrected chi connectivity index (χ1v) is 8.06. The van der Waals surface area contributed by atoms with E-state index in [2.05, 4.69) is 0 Å².